The number of phenolic OH excluding ortho intramolecular Hbond substituents is 2. The van der Waals surface area contributed by atoms with Crippen LogP contribution in [0.15, 0.2) is 115 Å². The third kappa shape index (κ3) is 7.98. The molecule has 23 heteroatoms. The van der Waals surface area contributed by atoms with Crippen LogP contribution in [0, 0.1) is 0 Å². The summed E-state index contributed by atoms with van der Waals surface area (Å²) in [6.07, 6.45) is 0. The van der Waals surface area contributed by atoms with Gasteiger partial charge in [-0.3, -0.25) is 9.11 Å². The van der Waals surface area contributed by atoms with E-state index in [2.05, 4.69) is 20.7 Å². The van der Waals surface area contributed by atoms with Gasteiger partial charge in [-0.05, 0) is 82.6 Å². The molecule has 0 aromatic heterocycles. The number of carbonyl (C=O) groups excluding carboxylic acids is 1. The van der Waals surface area contributed by atoms with Gasteiger partial charge >= 0.3 is 18.0 Å². The number of hydrogen-bond donors (Lipinski definition) is 10. The molecular formula is C35H26N8O13S2. The molecule has 0 aliphatic carbocycles. The second-order valence-corrected chi connectivity index (χ2v) is 14.9. The van der Waals surface area contributed by atoms with Crippen LogP contribution in [0.5, 0.6) is 11.5 Å². The molecule has 0 unspecified atom stereocenters. The number of carboxylic acids is 2. The van der Waals surface area contributed by atoms with Crippen LogP contribution in [0.1, 0.15) is 20.7 Å². The standard InChI is InChI=1S/C35H26N8O13S2/c36-21-5-1-15-9-19(33(46)47)11-25(44)31(15)29(21)17-3-7-23(27(13-17)57(51,52)53)38-42-40-35(50)41-43-39-24-8-4-18(14-28(24)58(54,55)56)30-22(37)6-2-16-10-20(34(48)49)12-26(45)32(16)30/h1-14,44-45H,36-37H2,(H,46,47)(H,48,49)(H,51,52,53)(H,54,55,56)(H2,38,39,40,41,50). The van der Waals surface area contributed by atoms with Gasteiger partial charge < -0.3 is 31.9 Å². The highest BCUT2D eigenvalue weighted by Gasteiger charge is 2.23. The molecule has 0 radical (unpaired) electrons. The average molecular weight is 831 g/mol. The molecule has 0 atom stereocenters. The SMILES string of the molecule is Nc1ccc2cc(C(=O)O)cc(O)c2c1-c1ccc(/N=N/NC(=O)N/N=N/c2ccc(-c3c(N)ccc4cc(C(=O)O)cc(O)c34)cc2S(=O)(=O)O)c(S(=O)(=O)O)c1. The van der Waals surface area contributed by atoms with E-state index in [1.807, 2.05) is 10.9 Å². The maximum absolute atomic E-state index is 12.4. The number of rotatable bonds is 10. The molecule has 0 heterocycles. The second-order valence-electron chi connectivity index (χ2n) is 12.1. The zero-order valence-electron chi connectivity index (χ0n) is 28.9. The number of urea groups is 1. The molecule has 6 aromatic carbocycles. The Hall–Kier alpha value is -7.73. The molecule has 12 N–H and O–H groups in total. The Bertz CT molecular complexity index is 2840. The van der Waals surface area contributed by atoms with Crippen molar-refractivity contribution in [2.75, 3.05) is 11.5 Å². The molecule has 0 spiro atoms. The maximum Gasteiger partial charge on any atom is 0.358 e. The van der Waals surface area contributed by atoms with Gasteiger partial charge in [0.15, 0.2) is 0 Å². The number of fused-ring (bicyclic) bond motifs is 2. The average Bonchev–Trinajstić information content (AvgIpc) is 3.14. The molecule has 0 aliphatic heterocycles. The fourth-order valence-electron chi connectivity index (χ4n) is 5.98. The summed E-state index contributed by atoms with van der Waals surface area (Å²) < 4.78 is 69.4. The molecule has 2 amide bonds. The lowest BCUT2D eigenvalue weighted by atomic mass is 9.94. The van der Waals surface area contributed by atoms with Crippen LogP contribution in [0.3, 0.4) is 0 Å². The molecule has 6 aromatic rings. The highest BCUT2D eigenvalue weighted by atomic mass is 32.2. The van der Waals surface area contributed by atoms with Crippen molar-refractivity contribution in [1.82, 2.24) is 10.9 Å². The van der Waals surface area contributed by atoms with Gasteiger partial charge in [-0.25, -0.2) is 25.2 Å². The first-order chi connectivity index (χ1) is 27.2. The summed E-state index contributed by atoms with van der Waals surface area (Å²) in [7, 11) is -10.0. The first kappa shape index (κ1) is 39.9. The number of carbonyl (C=O) groups is 3. The minimum Gasteiger partial charge on any atom is -0.507 e. The molecule has 58 heavy (non-hydrogen) atoms. The van der Waals surface area contributed by atoms with Crippen molar-refractivity contribution in [1.29, 1.82) is 0 Å². The van der Waals surface area contributed by atoms with Crippen molar-refractivity contribution in [3.8, 4) is 33.8 Å². The Morgan fingerprint density at radius 1 is 0.552 bits per heavy atom. The lowest BCUT2D eigenvalue weighted by molar-refractivity contribution is 0.0686. The van der Waals surface area contributed by atoms with Crippen LogP contribution < -0.4 is 22.3 Å². The third-order valence-corrected chi connectivity index (χ3v) is 10.2. The number of phenols is 2. The van der Waals surface area contributed by atoms with E-state index < -0.39 is 70.9 Å². The maximum atomic E-state index is 12.4. The Morgan fingerprint density at radius 2 is 0.931 bits per heavy atom. The van der Waals surface area contributed by atoms with Crippen molar-refractivity contribution in [3.63, 3.8) is 0 Å². The molecule has 21 nitrogen and oxygen atoms in total. The molecule has 0 bridgehead atoms. The van der Waals surface area contributed by atoms with Crippen molar-refractivity contribution in [2.45, 2.75) is 9.79 Å². The van der Waals surface area contributed by atoms with Gasteiger partial charge in [0.2, 0.25) is 0 Å². The van der Waals surface area contributed by atoms with E-state index in [4.69, 9.17) is 11.5 Å². The first-order valence-corrected chi connectivity index (χ1v) is 18.8. The number of anilines is 2. The number of benzene rings is 6. The number of aromatic carboxylic acids is 2. The Kier molecular flexibility index (Phi) is 10.4. The van der Waals surface area contributed by atoms with Crippen LogP contribution in [0.25, 0.3) is 43.8 Å². The Labute approximate surface area is 325 Å². The lowest BCUT2D eigenvalue weighted by Crippen LogP contribution is -2.27. The Balaban J connectivity index is 1.23. The van der Waals surface area contributed by atoms with E-state index in [9.17, 15) is 60.8 Å². The van der Waals surface area contributed by atoms with Crippen molar-refractivity contribution in [3.05, 3.63) is 96.1 Å². The fraction of sp³-hybridized carbons (Fsp3) is 0. The summed E-state index contributed by atoms with van der Waals surface area (Å²) in [6, 6.07) is 15.7. The van der Waals surface area contributed by atoms with Crippen LogP contribution in [0.2, 0.25) is 0 Å². The number of aromatic hydroxyl groups is 2. The third-order valence-electron chi connectivity index (χ3n) is 8.42. The molecule has 0 aliphatic rings. The van der Waals surface area contributed by atoms with E-state index in [1.54, 1.807) is 0 Å². The minimum absolute atomic E-state index is 0.0566. The summed E-state index contributed by atoms with van der Waals surface area (Å²) in [4.78, 5) is 33.7. The van der Waals surface area contributed by atoms with Crippen molar-refractivity contribution in [2.24, 2.45) is 20.7 Å². The topological polar surface area (TPSA) is 366 Å². The van der Waals surface area contributed by atoms with Gasteiger partial charge in [-0.15, -0.1) is 10.2 Å². The molecule has 0 fully saturated rings. The number of amides is 2. The number of nitrogens with zero attached hydrogens (tertiary/aromatic N) is 4. The van der Waals surface area contributed by atoms with Gasteiger partial charge in [0.1, 0.15) is 32.7 Å². The molecule has 6 rings (SSSR count). The van der Waals surface area contributed by atoms with Gasteiger partial charge in [0.05, 0.1) is 11.1 Å². The highest BCUT2D eigenvalue weighted by Crippen LogP contribution is 2.43. The molecule has 0 saturated carbocycles. The van der Waals surface area contributed by atoms with Crippen molar-refractivity contribution >= 4 is 82.5 Å². The second kappa shape index (κ2) is 15.1. The normalized spacial score (nSPS) is 12.0. The van der Waals surface area contributed by atoms with Gasteiger partial charge in [-0.1, -0.05) is 34.7 Å². The molecule has 296 valence electrons. The Morgan fingerprint density at radius 3 is 1.28 bits per heavy atom. The van der Waals surface area contributed by atoms with E-state index in [0.717, 1.165) is 36.4 Å². The number of nitrogens with two attached hydrogens (primary N) is 2. The van der Waals surface area contributed by atoms with E-state index in [0.29, 0.717) is 0 Å². The smallest absolute Gasteiger partial charge is 0.358 e. The van der Waals surface area contributed by atoms with Gasteiger partial charge in [-0.2, -0.15) is 16.8 Å². The largest absolute Gasteiger partial charge is 0.507 e. The van der Waals surface area contributed by atoms with Crippen molar-refractivity contribution < 1.29 is 60.8 Å². The predicted octanol–water partition coefficient (Wildman–Crippen LogP) is 5.79. The summed E-state index contributed by atoms with van der Waals surface area (Å²) in [5, 5.41) is 54.7. The number of nitrogens with one attached hydrogen (secondary N) is 2. The van der Waals surface area contributed by atoms with E-state index >= 15 is 0 Å². The minimum atomic E-state index is -5.02. The highest BCUT2D eigenvalue weighted by molar-refractivity contribution is 7.86. The van der Waals surface area contributed by atoms with Crippen LogP contribution in [0.4, 0.5) is 27.5 Å². The zero-order chi connectivity index (χ0) is 42.3. The molecule has 0 saturated heterocycles. The van der Waals surface area contributed by atoms with E-state index in [1.165, 1.54) is 48.5 Å². The summed E-state index contributed by atoms with van der Waals surface area (Å²) in [5.74, 6) is -3.57. The summed E-state index contributed by atoms with van der Waals surface area (Å²) in [5.41, 5.74) is 15.0. The lowest BCUT2D eigenvalue weighted by Gasteiger charge is -2.14. The van der Waals surface area contributed by atoms with Gasteiger partial charge in [0.25, 0.3) is 20.2 Å². The number of nitrogen functional groups attached to an aromatic ring is 2. The monoisotopic (exact) mass is 830 g/mol. The van der Waals surface area contributed by atoms with Crippen LogP contribution in [-0.4, -0.2) is 64.3 Å². The predicted molar refractivity (Wildman–Crippen MR) is 205 cm³/mol. The van der Waals surface area contributed by atoms with E-state index in [-0.39, 0.29) is 66.3 Å². The quantitative estimate of drug-likeness (QED) is 0.0338. The van der Waals surface area contributed by atoms with Crippen LogP contribution in [-0.2, 0) is 20.2 Å². The summed E-state index contributed by atoms with van der Waals surface area (Å²) in [6.45, 7) is 0. The first-order valence-electron chi connectivity index (χ1n) is 15.9. The summed E-state index contributed by atoms with van der Waals surface area (Å²) >= 11 is 0. The fourth-order valence-corrected chi connectivity index (χ4v) is 7.28. The number of carboxylic acid groups (broad SMARTS) is 2. The van der Waals surface area contributed by atoms with Crippen LogP contribution >= 0.6 is 0 Å². The molecular weight excluding hydrogens is 805 g/mol. The van der Waals surface area contributed by atoms with Gasteiger partial charge in [0, 0.05) is 33.3 Å². The number of hydrogen-bond acceptors (Lipinski definition) is 15. The zero-order valence-corrected chi connectivity index (χ0v) is 30.5.